The Morgan fingerprint density at radius 1 is 1.47 bits per heavy atom. The fourth-order valence-electron chi connectivity index (χ4n) is 1.86. The Bertz CT molecular complexity index is 386. The average Bonchev–Trinajstić information content (AvgIpc) is 2.38. The van der Waals surface area contributed by atoms with Crippen LogP contribution in [0, 0.1) is 0 Å². The van der Waals surface area contributed by atoms with Crippen LogP contribution in [-0.4, -0.2) is 25.6 Å². The third-order valence-electron chi connectivity index (χ3n) is 2.80. The fraction of sp³-hybridized carbons (Fsp3) is 0.462. The lowest BCUT2D eigenvalue weighted by molar-refractivity contribution is -0.0111. The van der Waals surface area contributed by atoms with E-state index < -0.39 is 0 Å². The summed E-state index contributed by atoms with van der Waals surface area (Å²) in [5.74, 6) is 0.623. The summed E-state index contributed by atoms with van der Waals surface area (Å²) >= 11 is 3.33. The predicted octanol–water partition coefficient (Wildman–Crippen LogP) is 3.21. The Kier molecular flexibility index (Phi) is 4.57. The van der Waals surface area contributed by atoms with Crippen LogP contribution in [0.2, 0.25) is 0 Å². The molecule has 0 saturated carbocycles. The number of halogens is 1. The van der Waals surface area contributed by atoms with Crippen LogP contribution < -0.4 is 4.74 Å². The third-order valence-corrected chi connectivity index (χ3v) is 3.29. The van der Waals surface area contributed by atoms with E-state index in [1.54, 1.807) is 12.1 Å². The van der Waals surface area contributed by atoms with Gasteiger partial charge >= 0.3 is 0 Å². The Morgan fingerprint density at radius 3 is 3.06 bits per heavy atom. The van der Waals surface area contributed by atoms with Gasteiger partial charge in [0.2, 0.25) is 0 Å². The summed E-state index contributed by atoms with van der Waals surface area (Å²) in [6.07, 6.45) is 4.32. The second-order valence-electron chi connectivity index (χ2n) is 4.10. The minimum atomic E-state index is 0.159. The van der Waals surface area contributed by atoms with Crippen LogP contribution in [0.1, 0.15) is 29.6 Å². The lowest BCUT2D eigenvalue weighted by atomic mass is 10.1. The predicted molar refractivity (Wildman–Crippen MR) is 68.6 cm³/mol. The molecule has 1 saturated heterocycles. The minimum absolute atomic E-state index is 0.159. The van der Waals surface area contributed by atoms with Crippen molar-refractivity contribution in [3.63, 3.8) is 0 Å². The zero-order valence-electron chi connectivity index (χ0n) is 9.52. The Labute approximate surface area is 109 Å². The molecule has 1 aromatic rings. The molecular weight excluding hydrogens is 284 g/mol. The van der Waals surface area contributed by atoms with Crippen LogP contribution in [-0.2, 0) is 4.74 Å². The highest BCUT2D eigenvalue weighted by atomic mass is 79.9. The van der Waals surface area contributed by atoms with Crippen molar-refractivity contribution < 1.29 is 14.3 Å². The molecule has 2 rings (SSSR count). The summed E-state index contributed by atoms with van der Waals surface area (Å²) in [5, 5.41) is 0. The van der Waals surface area contributed by atoms with Gasteiger partial charge < -0.3 is 9.47 Å². The Balaban J connectivity index is 1.95. The highest BCUT2D eigenvalue weighted by molar-refractivity contribution is 9.10. The lowest BCUT2D eigenvalue weighted by Crippen LogP contribution is -2.26. The van der Waals surface area contributed by atoms with Gasteiger partial charge in [-0.25, -0.2) is 0 Å². The molecule has 1 heterocycles. The van der Waals surface area contributed by atoms with Crippen molar-refractivity contribution in [3.05, 3.63) is 28.2 Å². The molecule has 1 aliphatic rings. The molecule has 0 N–H and O–H groups in total. The van der Waals surface area contributed by atoms with E-state index in [0.29, 0.717) is 17.9 Å². The van der Waals surface area contributed by atoms with E-state index in [1.807, 2.05) is 6.07 Å². The van der Waals surface area contributed by atoms with E-state index in [0.717, 1.165) is 30.2 Å². The van der Waals surface area contributed by atoms with Crippen LogP contribution in [0.3, 0.4) is 0 Å². The number of carbonyl (C=O) groups is 1. The first-order valence-electron chi connectivity index (χ1n) is 5.79. The van der Waals surface area contributed by atoms with Gasteiger partial charge in [0.05, 0.1) is 11.7 Å². The normalized spacial score (nSPS) is 19.9. The van der Waals surface area contributed by atoms with E-state index in [-0.39, 0.29) is 6.10 Å². The maximum absolute atomic E-state index is 10.9. The number of rotatable bonds is 4. The lowest BCUT2D eigenvalue weighted by Gasteiger charge is -2.22. The van der Waals surface area contributed by atoms with Crippen LogP contribution in [0.5, 0.6) is 5.75 Å². The number of aldehydes is 1. The van der Waals surface area contributed by atoms with Gasteiger partial charge in [-0.1, -0.05) is 15.9 Å². The molecule has 0 bridgehead atoms. The smallest absolute Gasteiger partial charge is 0.153 e. The summed E-state index contributed by atoms with van der Waals surface area (Å²) in [5.41, 5.74) is 0.565. The topological polar surface area (TPSA) is 35.5 Å². The van der Waals surface area contributed by atoms with Crippen molar-refractivity contribution in [2.45, 2.75) is 25.4 Å². The van der Waals surface area contributed by atoms with Crippen LogP contribution in [0.15, 0.2) is 22.7 Å². The molecule has 17 heavy (non-hydrogen) atoms. The van der Waals surface area contributed by atoms with Crippen molar-refractivity contribution in [2.75, 3.05) is 13.2 Å². The molecule has 0 radical (unpaired) electrons. The van der Waals surface area contributed by atoms with Crippen molar-refractivity contribution in [1.82, 2.24) is 0 Å². The molecule has 1 aliphatic heterocycles. The van der Waals surface area contributed by atoms with E-state index in [9.17, 15) is 4.79 Å². The zero-order chi connectivity index (χ0) is 12.1. The van der Waals surface area contributed by atoms with E-state index in [2.05, 4.69) is 15.9 Å². The van der Waals surface area contributed by atoms with Gasteiger partial charge in [0.25, 0.3) is 0 Å². The number of benzene rings is 1. The summed E-state index contributed by atoms with van der Waals surface area (Å²) in [6, 6.07) is 5.42. The third kappa shape index (κ3) is 3.54. The van der Waals surface area contributed by atoms with Gasteiger partial charge in [-0.15, -0.1) is 0 Å². The first kappa shape index (κ1) is 12.6. The SMILES string of the molecule is O=Cc1cc(Br)ccc1OCC1CCCCO1. The second kappa shape index (κ2) is 6.17. The molecule has 1 fully saturated rings. The fourth-order valence-corrected chi connectivity index (χ4v) is 2.24. The molecule has 4 heteroatoms. The monoisotopic (exact) mass is 298 g/mol. The van der Waals surface area contributed by atoms with Gasteiger partial charge in [-0.2, -0.15) is 0 Å². The highest BCUT2D eigenvalue weighted by Crippen LogP contribution is 2.23. The van der Waals surface area contributed by atoms with Crippen molar-refractivity contribution in [2.24, 2.45) is 0 Å². The quantitative estimate of drug-likeness (QED) is 0.801. The van der Waals surface area contributed by atoms with Gasteiger partial charge in [-0.3, -0.25) is 4.79 Å². The maximum Gasteiger partial charge on any atom is 0.153 e. The standard InChI is InChI=1S/C13H15BrO3/c14-11-4-5-13(10(7-11)8-15)17-9-12-3-1-2-6-16-12/h4-5,7-8,12H,1-3,6,9H2. The maximum atomic E-state index is 10.9. The number of hydrogen-bond donors (Lipinski definition) is 0. The van der Waals surface area contributed by atoms with Crippen molar-refractivity contribution in [3.8, 4) is 5.75 Å². The highest BCUT2D eigenvalue weighted by Gasteiger charge is 2.15. The molecular formula is C13H15BrO3. The summed E-state index contributed by atoms with van der Waals surface area (Å²) in [6.45, 7) is 1.33. The molecule has 1 unspecified atom stereocenters. The van der Waals surface area contributed by atoms with E-state index in [1.165, 1.54) is 6.42 Å². The van der Waals surface area contributed by atoms with E-state index >= 15 is 0 Å². The van der Waals surface area contributed by atoms with Crippen molar-refractivity contribution in [1.29, 1.82) is 0 Å². The van der Waals surface area contributed by atoms with Crippen LogP contribution in [0.4, 0.5) is 0 Å². The summed E-state index contributed by atoms with van der Waals surface area (Å²) in [7, 11) is 0. The molecule has 0 aliphatic carbocycles. The second-order valence-corrected chi connectivity index (χ2v) is 5.02. The zero-order valence-corrected chi connectivity index (χ0v) is 11.1. The van der Waals surface area contributed by atoms with Gasteiger partial charge in [0, 0.05) is 11.1 Å². The molecule has 0 amide bonds. The van der Waals surface area contributed by atoms with E-state index in [4.69, 9.17) is 9.47 Å². The number of hydrogen-bond acceptors (Lipinski definition) is 3. The molecule has 0 spiro atoms. The summed E-state index contributed by atoms with van der Waals surface area (Å²) < 4.78 is 12.1. The number of ether oxygens (including phenoxy) is 2. The Hall–Kier alpha value is -0.870. The van der Waals surface area contributed by atoms with Crippen LogP contribution in [0.25, 0.3) is 0 Å². The molecule has 1 aromatic carbocycles. The van der Waals surface area contributed by atoms with Gasteiger partial charge in [0.1, 0.15) is 12.4 Å². The largest absolute Gasteiger partial charge is 0.490 e. The Morgan fingerprint density at radius 2 is 2.35 bits per heavy atom. The number of carbonyl (C=O) groups excluding carboxylic acids is 1. The average molecular weight is 299 g/mol. The molecule has 3 nitrogen and oxygen atoms in total. The molecule has 0 aromatic heterocycles. The molecule has 1 atom stereocenters. The summed E-state index contributed by atoms with van der Waals surface area (Å²) in [4.78, 5) is 10.9. The van der Waals surface area contributed by atoms with Gasteiger partial charge in [0.15, 0.2) is 6.29 Å². The van der Waals surface area contributed by atoms with Crippen LogP contribution >= 0.6 is 15.9 Å². The van der Waals surface area contributed by atoms with Crippen molar-refractivity contribution >= 4 is 22.2 Å². The van der Waals surface area contributed by atoms with Gasteiger partial charge in [-0.05, 0) is 37.5 Å². The first-order valence-corrected chi connectivity index (χ1v) is 6.58. The minimum Gasteiger partial charge on any atom is -0.490 e. The molecule has 92 valence electrons. The first-order chi connectivity index (χ1) is 8.29.